The average Bonchev–Trinajstić information content (AvgIpc) is 3.03. The van der Waals surface area contributed by atoms with Gasteiger partial charge in [0.15, 0.2) is 11.7 Å². The van der Waals surface area contributed by atoms with E-state index in [0.29, 0.717) is 10.9 Å². The normalized spacial score (nSPS) is 10.2. The molecule has 0 saturated carbocycles. The lowest BCUT2D eigenvalue weighted by atomic mass is 10.3. The SMILES string of the molecule is O=C(COc1ccccc1)Nc1nc(-c2ccccn2)cs1. The number of anilines is 1. The van der Waals surface area contributed by atoms with Gasteiger partial charge in [-0.1, -0.05) is 24.3 Å². The Balaban J connectivity index is 1.57. The van der Waals surface area contributed by atoms with Gasteiger partial charge in [-0.25, -0.2) is 4.98 Å². The highest BCUT2D eigenvalue weighted by molar-refractivity contribution is 7.14. The maximum absolute atomic E-state index is 11.8. The van der Waals surface area contributed by atoms with E-state index in [9.17, 15) is 4.79 Å². The zero-order valence-corrected chi connectivity index (χ0v) is 12.4. The number of aromatic nitrogens is 2. The van der Waals surface area contributed by atoms with E-state index in [4.69, 9.17) is 4.74 Å². The molecular formula is C16H13N3O2S. The number of nitrogens with one attached hydrogen (secondary N) is 1. The molecule has 0 radical (unpaired) electrons. The standard InChI is InChI=1S/C16H13N3O2S/c20-15(10-21-12-6-2-1-3-7-12)19-16-18-14(11-22-16)13-8-4-5-9-17-13/h1-9,11H,10H2,(H,18,19,20). The molecule has 0 spiro atoms. The fourth-order valence-electron chi connectivity index (χ4n) is 1.78. The van der Waals surface area contributed by atoms with Crippen molar-refractivity contribution in [3.05, 3.63) is 60.1 Å². The van der Waals surface area contributed by atoms with Crippen molar-refractivity contribution >= 4 is 22.4 Å². The van der Waals surface area contributed by atoms with Crippen LogP contribution in [0.15, 0.2) is 60.1 Å². The highest BCUT2D eigenvalue weighted by Gasteiger charge is 2.09. The molecule has 0 aliphatic carbocycles. The van der Waals surface area contributed by atoms with Gasteiger partial charge in [0, 0.05) is 11.6 Å². The first-order valence-electron chi connectivity index (χ1n) is 6.66. The van der Waals surface area contributed by atoms with Crippen LogP contribution in [0.2, 0.25) is 0 Å². The minimum absolute atomic E-state index is 0.0531. The van der Waals surface area contributed by atoms with Crippen molar-refractivity contribution in [1.82, 2.24) is 9.97 Å². The minimum Gasteiger partial charge on any atom is -0.484 e. The molecule has 1 N–H and O–H groups in total. The topological polar surface area (TPSA) is 64.1 Å². The molecule has 110 valence electrons. The van der Waals surface area contributed by atoms with Gasteiger partial charge in [-0.05, 0) is 24.3 Å². The lowest BCUT2D eigenvalue weighted by Crippen LogP contribution is -2.20. The molecule has 0 atom stereocenters. The van der Waals surface area contributed by atoms with Crippen LogP contribution < -0.4 is 10.1 Å². The largest absolute Gasteiger partial charge is 0.484 e. The third kappa shape index (κ3) is 3.67. The fraction of sp³-hybridized carbons (Fsp3) is 0.0625. The average molecular weight is 311 g/mol. The van der Waals surface area contributed by atoms with Crippen molar-refractivity contribution in [3.63, 3.8) is 0 Å². The second-order valence-electron chi connectivity index (χ2n) is 4.40. The molecule has 0 aliphatic rings. The van der Waals surface area contributed by atoms with Crippen molar-refractivity contribution in [2.24, 2.45) is 0 Å². The van der Waals surface area contributed by atoms with Crippen molar-refractivity contribution < 1.29 is 9.53 Å². The maximum Gasteiger partial charge on any atom is 0.264 e. The van der Waals surface area contributed by atoms with E-state index in [1.165, 1.54) is 11.3 Å². The predicted octanol–water partition coefficient (Wildman–Crippen LogP) is 3.22. The minimum atomic E-state index is -0.245. The number of ether oxygens (including phenoxy) is 1. The summed E-state index contributed by atoms with van der Waals surface area (Å²) in [5.74, 6) is 0.414. The number of hydrogen-bond acceptors (Lipinski definition) is 5. The van der Waals surface area contributed by atoms with Crippen LogP contribution in [0, 0.1) is 0 Å². The molecule has 1 amide bonds. The summed E-state index contributed by atoms with van der Waals surface area (Å²) < 4.78 is 5.38. The fourth-order valence-corrected chi connectivity index (χ4v) is 2.50. The number of para-hydroxylation sites is 1. The lowest BCUT2D eigenvalue weighted by Gasteiger charge is -2.05. The number of thiazole rings is 1. The molecule has 22 heavy (non-hydrogen) atoms. The number of amides is 1. The summed E-state index contributed by atoms with van der Waals surface area (Å²) >= 11 is 1.36. The van der Waals surface area contributed by atoms with Crippen LogP contribution in [0.1, 0.15) is 0 Å². The van der Waals surface area contributed by atoms with Crippen molar-refractivity contribution in [3.8, 4) is 17.1 Å². The lowest BCUT2D eigenvalue weighted by molar-refractivity contribution is -0.118. The Labute approximate surface area is 131 Å². The third-order valence-electron chi connectivity index (χ3n) is 2.79. The molecule has 0 bridgehead atoms. The summed E-state index contributed by atoms with van der Waals surface area (Å²) in [6, 6.07) is 14.8. The Kier molecular flexibility index (Phi) is 4.41. The van der Waals surface area contributed by atoms with Crippen molar-refractivity contribution in [1.29, 1.82) is 0 Å². The zero-order chi connectivity index (χ0) is 15.2. The summed E-state index contributed by atoms with van der Waals surface area (Å²) in [4.78, 5) is 20.4. The summed E-state index contributed by atoms with van der Waals surface area (Å²) in [6.45, 7) is -0.0531. The number of carbonyl (C=O) groups excluding carboxylic acids is 1. The van der Waals surface area contributed by atoms with E-state index < -0.39 is 0 Å². The number of hydrogen-bond donors (Lipinski definition) is 1. The van der Waals surface area contributed by atoms with Crippen LogP contribution in [0.25, 0.3) is 11.4 Å². The highest BCUT2D eigenvalue weighted by atomic mass is 32.1. The number of benzene rings is 1. The Morgan fingerprint density at radius 2 is 1.91 bits per heavy atom. The van der Waals surface area contributed by atoms with Gasteiger partial charge >= 0.3 is 0 Å². The molecule has 2 aromatic heterocycles. The quantitative estimate of drug-likeness (QED) is 0.786. The first-order chi connectivity index (χ1) is 10.8. The van der Waals surface area contributed by atoms with Gasteiger partial charge in [-0.3, -0.25) is 15.1 Å². The summed E-state index contributed by atoms with van der Waals surface area (Å²) in [5, 5.41) is 5.11. The van der Waals surface area contributed by atoms with Gasteiger partial charge in [0.2, 0.25) is 0 Å². The van der Waals surface area contributed by atoms with Gasteiger partial charge in [0.1, 0.15) is 11.4 Å². The van der Waals surface area contributed by atoms with Crippen molar-refractivity contribution in [2.75, 3.05) is 11.9 Å². The predicted molar refractivity (Wildman–Crippen MR) is 85.9 cm³/mol. The van der Waals surface area contributed by atoms with E-state index in [-0.39, 0.29) is 12.5 Å². The van der Waals surface area contributed by atoms with Crippen LogP contribution in [-0.2, 0) is 4.79 Å². The second-order valence-corrected chi connectivity index (χ2v) is 5.26. The molecule has 0 saturated heterocycles. The smallest absolute Gasteiger partial charge is 0.264 e. The second kappa shape index (κ2) is 6.82. The van der Waals surface area contributed by atoms with Gasteiger partial charge in [0.05, 0.1) is 5.69 Å². The molecule has 2 heterocycles. The highest BCUT2D eigenvalue weighted by Crippen LogP contribution is 2.23. The van der Waals surface area contributed by atoms with Crippen LogP contribution >= 0.6 is 11.3 Å². The molecule has 6 heteroatoms. The van der Waals surface area contributed by atoms with Gasteiger partial charge < -0.3 is 4.74 Å². The summed E-state index contributed by atoms with van der Waals surface area (Å²) in [5.41, 5.74) is 1.52. The van der Waals surface area contributed by atoms with Crippen LogP contribution in [0.3, 0.4) is 0 Å². The molecule has 5 nitrogen and oxygen atoms in total. The monoisotopic (exact) mass is 311 g/mol. The number of carbonyl (C=O) groups is 1. The van der Waals surface area contributed by atoms with Gasteiger partial charge in [-0.2, -0.15) is 0 Å². The van der Waals surface area contributed by atoms with E-state index in [0.717, 1.165) is 11.4 Å². The van der Waals surface area contributed by atoms with Crippen LogP contribution in [0.5, 0.6) is 5.75 Å². The molecule has 3 rings (SSSR count). The van der Waals surface area contributed by atoms with E-state index >= 15 is 0 Å². The third-order valence-corrected chi connectivity index (χ3v) is 3.55. The number of pyridine rings is 1. The summed E-state index contributed by atoms with van der Waals surface area (Å²) in [6.07, 6.45) is 1.71. The number of nitrogens with zero attached hydrogens (tertiary/aromatic N) is 2. The van der Waals surface area contributed by atoms with Gasteiger partial charge in [-0.15, -0.1) is 11.3 Å². The van der Waals surface area contributed by atoms with E-state index in [1.54, 1.807) is 18.3 Å². The zero-order valence-electron chi connectivity index (χ0n) is 11.6. The Hall–Kier alpha value is -2.73. The molecular weight excluding hydrogens is 298 g/mol. The van der Waals surface area contributed by atoms with Crippen LogP contribution in [-0.4, -0.2) is 22.5 Å². The molecule has 0 aliphatic heterocycles. The van der Waals surface area contributed by atoms with E-state index in [1.807, 2.05) is 41.8 Å². The van der Waals surface area contributed by atoms with Crippen molar-refractivity contribution in [2.45, 2.75) is 0 Å². The van der Waals surface area contributed by atoms with Crippen LogP contribution in [0.4, 0.5) is 5.13 Å². The Bertz CT molecular complexity index is 744. The molecule has 1 aromatic carbocycles. The first kappa shape index (κ1) is 14.2. The van der Waals surface area contributed by atoms with Gasteiger partial charge in [0.25, 0.3) is 5.91 Å². The molecule has 0 unspecified atom stereocenters. The Morgan fingerprint density at radius 1 is 1.09 bits per heavy atom. The molecule has 3 aromatic rings. The summed E-state index contributed by atoms with van der Waals surface area (Å²) in [7, 11) is 0. The molecule has 0 fully saturated rings. The Morgan fingerprint density at radius 3 is 2.68 bits per heavy atom. The first-order valence-corrected chi connectivity index (χ1v) is 7.54. The van der Waals surface area contributed by atoms with E-state index in [2.05, 4.69) is 15.3 Å². The maximum atomic E-state index is 11.8. The number of rotatable bonds is 5.